The van der Waals surface area contributed by atoms with Crippen LogP contribution >= 0.6 is 11.6 Å². The van der Waals surface area contributed by atoms with Gasteiger partial charge in [-0.15, -0.1) is 0 Å². The molecule has 8 nitrogen and oxygen atoms in total. The van der Waals surface area contributed by atoms with Gasteiger partial charge in [0.2, 0.25) is 15.9 Å². The highest BCUT2D eigenvalue weighted by molar-refractivity contribution is 7.92. The number of methoxy groups -OCH3 is 1. The number of rotatable bonds is 9. The van der Waals surface area contributed by atoms with E-state index in [1.165, 1.54) is 25.7 Å². The molecular formula is C23H30ClN3O5S. The molecule has 0 spiro atoms. The van der Waals surface area contributed by atoms with E-state index in [4.69, 9.17) is 21.1 Å². The smallest absolute Gasteiger partial charge is 0.243 e. The normalized spacial score (nSPS) is 15.6. The minimum absolute atomic E-state index is 0.211. The number of hydrogen-bond donors (Lipinski definition) is 1. The summed E-state index contributed by atoms with van der Waals surface area (Å²) in [7, 11) is -2.36. The lowest BCUT2D eigenvalue weighted by Crippen LogP contribution is -2.47. The van der Waals surface area contributed by atoms with Crippen molar-refractivity contribution in [1.82, 2.24) is 10.2 Å². The van der Waals surface area contributed by atoms with Gasteiger partial charge in [-0.2, -0.15) is 0 Å². The topological polar surface area (TPSA) is 88.2 Å². The van der Waals surface area contributed by atoms with Crippen LogP contribution in [0.3, 0.4) is 0 Å². The van der Waals surface area contributed by atoms with Crippen molar-refractivity contribution in [3.63, 3.8) is 0 Å². The average molecular weight is 496 g/mol. The van der Waals surface area contributed by atoms with Gasteiger partial charge in [-0.05, 0) is 36.2 Å². The predicted molar refractivity (Wildman–Crippen MR) is 129 cm³/mol. The maximum absolute atomic E-state index is 12.9. The molecule has 180 valence electrons. The summed E-state index contributed by atoms with van der Waals surface area (Å²) in [4.78, 5) is 15.2. The molecule has 1 amide bonds. The fourth-order valence-corrected chi connectivity index (χ4v) is 5.07. The second-order valence-electron chi connectivity index (χ2n) is 7.97. The van der Waals surface area contributed by atoms with Crippen molar-refractivity contribution >= 4 is 33.2 Å². The Hall–Kier alpha value is -2.33. The number of nitrogens with one attached hydrogen (secondary N) is 1. The molecular weight excluding hydrogens is 466 g/mol. The van der Waals surface area contributed by atoms with E-state index < -0.39 is 22.0 Å². The van der Waals surface area contributed by atoms with E-state index in [1.54, 1.807) is 12.1 Å². The molecule has 1 aliphatic rings. The number of morpholine rings is 1. The molecule has 1 atom stereocenters. The van der Waals surface area contributed by atoms with Gasteiger partial charge in [0.15, 0.2) is 0 Å². The van der Waals surface area contributed by atoms with Gasteiger partial charge in [-0.25, -0.2) is 8.42 Å². The fraction of sp³-hybridized carbons (Fsp3) is 0.435. The summed E-state index contributed by atoms with van der Waals surface area (Å²) in [6.07, 6.45) is 1.05. The molecule has 0 aliphatic carbocycles. The second kappa shape index (κ2) is 11.2. The van der Waals surface area contributed by atoms with Crippen LogP contribution in [0.5, 0.6) is 5.75 Å². The molecule has 33 heavy (non-hydrogen) atoms. The second-order valence-corrected chi connectivity index (χ2v) is 10.3. The van der Waals surface area contributed by atoms with Crippen LogP contribution in [0, 0.1) is 0 Å². The Morgan fingerprint density at radius 3 is 2.42 bits per heavy atom. The molecule has 2 aromatic carbocycles. The van der Waals surface area contributed by atoms with Crippen LogP contribution in [0.25, 0.3) is 0 Å². The van der Waals surface area contributed by atoms with Gasteiger partial charge in [0, 0.05) is 31.2 Å². The van der Waals surface area contributed by atoms with Crippen molar-refractivity contribution in [2.45, 2.75) is 26.1 Å². The Morgan fingerprint density at radius 2 is 1.82 bits per heavy atom. The van der Waals surface area contributed by atoms with E-state index in [1.807, 2.05) is 24.3 Å². The molecule has 10 heteroatoms. The van der Waals surface area contributed by atoms with E-state index in [-0.39, 0.29) is 12.2 Å². The highest BCUT2D eigenvalue weighted by Crippen LogP contribution is 2.34. The molecule has 1 heterocycles. The molecule has 2 aromatic rings. The largest absolute Gasteiger partial charge is 0.495 e. The van der Waals surface area contributed by atoms with Gasteiger partial charge in [0.25, 0.3) is 0 Å². The summed E-state index contributed by atoms with van der Waals surface area (Å²) in [5, 5.41) is 3.17. The summed E-state index contributed by atoms with van der Waals surface area (Å²) < 4.78 is 36.8. The lowest BCUT2D eigenvalue weighted by atomic mass is 10.1. The highest BCUT2D eigenvalue weighted by atomic mass is 35.5. The molecule has 0 saturated carbocycles. The number of amides is 1. The Morgan fingerprint density at radius 1 is 1.18 bits per heavy atom. The number of carbonyl (C=O) groups excluding carboxylic acids is 1. The average Bonchev–Trinajstić information content (AvgIpc) is 2.78. The predicted octanol–water partition coefficient (Wildman–Crippen LogP) is 2.65. The molecule has 0 unspecified atom stereocenters. The zero-order chi connectivity index (χ0) is 24.0. The fourth-order valence-electron chi connectivity index (χ4n) is 3.73. The van der Waals surface area contributed by atoms with Crippen LogP contribution in [0.15, 0.2) is 42.5 Å². The molecule has 1 N–H and O–H groups in total. The van der Waals surface area contributed by atoms with Gasteiger partial charge in [0.1, 0.15) is 11.8 Å². The molecule has 1 aliphatic heterocycles. The van der Waals surface area contributed by atoms with Gasteiger partial charge in [0.05, 0.1) is 32.3 Å². The first-order chi connectivity index (χ1) is 15.7. The number of halogens is 1. The molecule has 0 radical (unpaired) electrons. The van der Waals surface area contributed by atoms with Crippen LogP contribution in [0.4, 0.5) is 5.69 Å². The quantitative estimate of drug-likeness (QED) is 0.575. The van der Waals surface area contributed by atoms with Crippen molar-refractivity contribution in [2.75, 3.05) is 44.0 Å². The number of sulfonamides is 1. The molecule has 0 bridgehead atoms. The molecule has 3 rings (SSSR count). The summed E-state index contributed by atoms with van der Waals surface area (Å²) in [5.41, 5.74) is 2.33. The maximum Gasteiger partial charge on any atom is 0.243 e. The van der Waals surface area contributed by atoms with Crippen LogP contribution in [0.2, 0.25) is 5.02 Å². The Bertz CT molecular complexity index is 1060. The van der Waals surface area contributed by atoms with Crippen LogP contribution in [-0.4, -0.2) is 64.9 Å². The summed E-state index contributed by atoms with van der Waals surface area (Å²) in [5.74, 6) is -0.125. The minimum atomic E-state index is -3.79. The van der Waals surface area contributed by atoms with Crippen LogP contribution in [0.1, 0.15) is 18.1 Å². The van der Waals surface area contributed by atoms with Crippen LogP contribution in [-0.2, 0) is 32.6 Å². The van der Waals surface area contributed by atoms with Gasteiger partial charge in [-0.3, -0.25) is 14.0 Å². The Kier molecular flexibility index (Phi) is 8.58. The Balaban J connectivity index is 1.66. The van der Waals surface area contributed by atoms with Crippen molar-refractivity contribution in [1.29, 1.82) is 0 Å². The third-order valence-corrected chi connectivity index (χ3v) is 6.93. The van der Waals surface area contributed by atoms with Gasteiger partial charge >= 0.3 is 0 Å². The third kappa shape index (κ3) is 6.83. The Labute approximate surface area is 200 Å². The number of ether oxygens (including phenoxy) is 2. The van der Waals surface area contributed by atoms with Gasteiger partial charge in [-0.1, -0.05) is 35.9 Å². The van der Waals surface area contributed by atoms with Crippen molar-refractivity contribution in [3.8, 4) is 5.75 Å². The van der Waals surface area contributed by atoms with Crippen molar-refractivity contribution < 1.29 is 22.7 Å². The lowest BCUT2D eigenvalue weighted by Gasteiger charge is -2.29. The van der Waals surface area contributed by atoms with E-state index in [0.29, 0.717) is 10.8 Å². The number of anilines is 1. The first kappa shape index (κ1) is 25.3. The summed E-state index contributed by atoms with van der Waals surface area (Å²) in [6.45, 7) is 6.03. The molecule has 1 fully saturated rings. The lowest BCUT2D eigenvalue weighted by molar-refractivity contribution is -0.122. The van der Waals surface area contributed by atoms with E-state index >= 15 is 0 Å². The van der Waals surface area contributed by atoms with E-state index in [0.717, 1.165) is 49.0 Å². The number of benzene rings is 2. The van der Waals surface area contributed by atoms with Gasteiger partial charge < -0.3 is 14.8 Å². The zero-order valence-corrected chi connectivity index (χ0v) is 20.7. The van der Waals surface area contributed by atoms with E-state index in [2.05, 4.69) is 10.2 Å². The zero-order valence-electron chi connectivity index (χ0n) is 19.1. The van der Waals surface area contributed by atoms with E-state index in [9.17, 15) is 13.2 Å². The van der Waals surface area contributed by atoms with Crippen LogP contribution < -0.4 is 14.4 Å². The molecule has 1 saturated heterocycles. The van der Waals surface area contributed by atoms with Crippen molar-refractivity contribution in [3.05, 3.63) is 58.6 Å². The first-order valence-electron chi connectivity index (χ1n) is 10.7. The van der Waals surface area contributed by atoms with Crippen molar-refractivity contribution in [2.24, 2.45) is 0 Å². The highest BCUT2D eigenvalue weighted by Gasteiger charge is 2.31. The molecule has 0 aromatic heterocycles. The SMILES string of the molecule is COc1ccc(Cl)cc1N([C@H](C)C(=O)NCc1ccc(CN2CCOCC2)cc1)S(C)(=O)=O. The third-order valence-electron chi connectivity index (χ3n) is 5.47. The maximum atomic E-state index is 12.9. The first-order valence-corrected chi connectivity index (χ1v) is 12.9. The summed E-state index contributed by atoms with van der Waals surface area (Å²) in [6, 6.07) is 11.6. The number of nitrogens with zero attached hydrogens (tertiary/aromatic N) is 2. The summed E-state index contributed by atoms with van der Waals surface area (Å²) >= 11 is 6.08. The number of hydrogen-bond acceptors (Lipinski definition) is 6. The minimum Gasteiger partial charge on any atom is -0.495 e. The standard InChI is InChI=1S/C23H30ClN3O5S/c1-17(27(33(3,29)30)21-14-20(24)8-9-22(21)31-2)23(28)25-15-18-4-6-19(7-5-18)16-26-10-12-32-13-11-26/h4-9,14,17H,10-13,15-16H2,1-3H3,(H,25,28)/t17-/m1/s1. The monoisotopic (exact) mass is 495 g/mol. The number of carbonyl (C=O) groups is 1.